The molecule has 2 saturated heterocycles. The number of nitrogens with one attached hydrogen (secondary N) is 1. The minimum absolute atomic E-state index is 0.0207. The number of anilines is 3. The monoisotopic (exact) mass is 590 g/mol. The average molecular weight is 591 g/mol. The van der Waals surface area contributed by atoms with Crippen molar-refractivity contribution in [1.29, 1.82) is 0 Å². The Morgan fingerprint density at radius 1 is 0.952 bits per heavy atom. The number of hydrogen-bond donors (Lipinski definition) is 3. The van der Waals surface area contributed by atoms with Gasteiger partial charge in [-0.3, -0.25) is 15.2 Å². The van der Waals surface area contributed by atoms with Gasteiger partial charge in [-0.05, 0) is 67.0 Å². The number of rotatable bonds is 7. The third-order valence-electron chi connectivity index (χ3n) is 8.94. The fourth-order valence-corrected chi connectivity index (χ4v) is 6.50. The van der Waals surface area contributed by atoms with Gasteiger partial charge in [0.05, 0.1) is 11.7 Å². The number of halogens is 3. The summed E-state index contributed by atoms with van der Waals surface area (Å²) < 4.78 is 46.0. The minimum atomic E-state index is -4.74. The van der Waals surface area contributed by atoms with Crippen LogP contribution in [0.2, 0.25) is 0 Å². The molecule has 1 aliphatic carbocycles. The fourth-order valence-electron chi connectivity index (χ4n) is 6.50. The standard InChI is InChI=1S/C31H41F3N4O4/c1-30(2,3)22-4-9-25(10-5-22)36-15-20-17-37(18-21(20)16-36)29(39)19-42-26-11-6-23(7-12-26)35-24-8-13-28(38(40)41)27(14-24)31(32,33)34/h4-5,8-10,13-14,20-21,23,26,35,40-41H,6-7,11-12,15-19H2,1-3H3. The second-order valence-electron chi connectivity index (χ2n) is 13.0. The van der Waals surface area contributed by atoms with Crippen molar-refractivity contribution < 1.29 is 33.1 Å². The summed E-state index contributed by atoms with van der Waals surface area (Å²) in [6.45, 7) is 10.1. The van der Waals surface area contributed by atoms with Crippen molar-refractivity contribution in [2.24, 2.45) is 11.8 Å². The third-order valence-corrected chi connectivity index (χ3v) is 8.94. The van der Waals surface area contributed by atoms with Crippen molar-refractivity contribution >= 4 is 23.0 Å². The van der Waals surface area contributed by atoms with E-state index in [1.807, 2.05) is 4.90 Å². The summed E-state index contributed by atoms with van der Waals surface area (Å²) in [7, 11) is 0. The molecule has 11 heteroatoms. The van der Waals surface area contributed by atoms with Crippen molar-refractivity contribution in [3.63, 3.8) is 0 Å². The first-order valence-corrected chi connectivity index (χ1v) is 14.7. The van der Waals surface area contributed by atoms with Gasteiger partial charge >= 0.3 is 6.18 Å². The molecule has 42 heavy (non-hydrogen) atoms. The Bertz CT molecular complexity index is 1230. The van der Waals surface area contributed by atoms with Crippen LogP contribution in [-0.2, 0) is 21.1 Å². The number of benzene rings is 2. The van der Waals surface area contributed by atoms with Gasteiger partial charge in [-0.15, -0.1) is 5.23 Å². The lowest BCUT2D eigenvalue weighted by Gasteiger charge is -2.30. The van der Waals surface area contributed by atoms with Crippen LogP contribution in [-0.4, -0.2) is 66.2 Å². The van der Waals surface area contributed by atoms with Crippen LogP contribution in [0.3, 0.4) is 0 Å². The Balaban J connectivity index is 1.04. The second kappa shape index (κ2) is 11.9. The number of amides is 1. The van der Waals surface area contributed by atoms with E-state index in [4.69, 9.17) is 15.2 Å². The Hall–Kier alpha value is -3.02. The highest BCUT2D eigenvalue weighted by Gasteiger charge is 2.42. The van der Waals surface area contributed by atoms with Gasteiger partial charge in [0.15, 0.2) is 0 Å². The van der Waals surface area contributed by atoms with E-state index in [-0.39, 0.29) is 35.8 Å². The minimum Gasteiger partial charge on any atom is -0.382 e. The van der Waals surface area contributed by atoms with Crippen LogP contribution < -0.4 is 15.4 Å². The van der Waals surface area contributed by atoms with Crippen molar-refractivity contribution in [2.45, 2.75) is 70.2 Å². The zero-order valence-corrected chi connectivity index (χ0v) is 24.4. The SMILES string of the molecule is CC(C)(C)c1ccc(N2CC3CN(C(=O)COC4CCC(Nc5ccc(N(O)O)c(C(F)(F)F)c5)CC4)CC3C2)cc1. The molecule has 1 amide bonds. The molecule has 0 spiro atoms. The molecule has 3 fully saturated rings. The predicted molar refractivity (Wildman–Crippen MR) is 154 cm³/mol. The van der Waals surface area contributed by atoms with Gasteiger partial charge in [-0.25, -0.2) is 0 Å². The van der Waals surface area contributed by atoms with Crippen LogP contribution in [0.15, 0.2) is 42.5 Å². The van der Waals surface area contributed by atoms with Crippen LogP contribution in [0.5, 0.6) is 0 Å². The van der Waals surface area contributed by atoms with Crippen molar-refractivity contribution in [3.8, 4) is 0 Å². The largest absolute Gasteiger partial charge is 0.418 e. The van der Waals surface area contributed by atoms with Crippen molar-refractivity contribution in [3.05, 3.63) is 53.6 Å². The maximum atomic E-state index is 13.4. The first kappa shape index (κ1) is 30.4. The Morgan fingerprint density at radius 3 is 2.12 bits per heavy atom. The number of carbonyl (C=O) groups excluding carboxylic acids is 1. The first-order valence-electron chi connectivity index (χ1n) is 14.7. The maximum absolute atomic E-state index is 13.4. The normalized spacial score (nSPS) is 24.6. The van der Waals surface area contributed by atoms with Crippen LogP contribution in [0.25, 0.3) is 0 Å². The van der Waals surface area contributed by atoms with E-state index in [1.54, 1.807) is 0 Å². The Kier molecular flexibility index (Phi) is 8.65. The van der Waals surface area contributed by atoms with Gasteiger partial charge in [0.2, 0.25) is 5.91 Å². The molecule has 2 unspecified atom stereocenters. The van der Waals surface area contributed by atoms with E-state index >= 15 is 0 Å². The molecule has 2 heterocycles. The van der Waals surface area contributed by atoms with Crippen LogP contribution in [0.4, 0.5) is 30.2 Å². The quantitative estimate of drug-likeness (QED) is 0.345. The van der Waals surface area contributed by atoms with Gasteiger partial charge in [0.1, 0.15) is 12.3 Å². The number of likely N-dealkylation sites (tertiary alicyclic amines) is 1. The van der Waals surface area contributed by atoms with Gasteiger partial charge in [0, 0.05) is 55.4 Å². The third kappa shape index (κ3) is 6.95. The number of fused-ring (bicyclic) bond motifs is 1. The van der Waals surface area contributed by atoms with E-state index in [9.17, 15) is 18.0 Å². The average Bonchev–Trinajstić information content (AvgIpc) is 3.51. The van der Waals surface area contributed by atoms with Crippen LogP contribution in [0, 0.1) is 11.8 Å². The lowest BCUT2D eigenvalue weighted by Crippen LogP contribution is -2.37. The Labute approximate surface area is 245 Å². The zero-order valence-electron chi connectivity index (χ0n) is 24.4. The molecule has 3 aliphatic rings. The first-order chi connectivity index (χ1) is 19.8. The maximum Gasteiger partial charge on any atom is 0.418 e. The highest BCUT2D eigenvalue weighted by Crippen LogP contribution is 2.38. The summed E-state index contributed by atoms with van der Waals surface area (Å²) in [5, 5.41) is 20.8. The highest BCUT2D eigenvalue weighted by atomic mass is 19.4. The van der Waals surface area contributed by atoms with Gasteiger partial charge in [-0.2, -0.15) is 13.2 Å². The van der Waals surface area contributed by atoms with E-state index in [0.717, 1.165) is 38.3 Å². The van der Waals surface area contributed by atoms with Gasteiger partial charge < -0.3 is 19.9 Å². The molecule has 2 aromatic carbocycles. The summed E-state index contributed by atoms with van der Waals surface area (Å²) in [6, 6.07) is 12.1. The number of nitrogens with zero attached hydrogens (tertiary/aromatic N) is 3. The Morgan fingerprint density at radius 2 is 1.57 bits per heavy atom. The number of alkyl halides is 3. The molecule has 5 rings (SSSR count). The number of ether oxygens (including phenoxy) is 1. The number of hydrogen-bond acceptors (Lipinski definition) is 7. The van der Waals surface area contributed by atoms with E-state index in [0.29, 0.717) is 37.5 Å². The van der Waals surface area contributed by atoms with Crippen molar-refractivity contribution in [2.75, 3.05) is 48.2 Å². The molecule has 0 radical (unpaired) electrons. The second-order valence-corrected chi connectivity index (χ2v) is 13.0. The van der Waals surface area contributed by atoms with E-state index < -0.39 is 22.7 Å². The molecule has 0 aromatic heterocycles. The summed E-state index contributed by atoms with van der Waals surface area (Å²) in [5.74, 6) is 0.942. The lowest BCUT2D eigenvalue weighted by molar-refractivity contribution is -0.139. The smallest absolute Gasteiger partial charge is 0.382 e. The van der Waals surface area contributed by atoms with E-state index in [1.165, 1.54) is 17.3 Å². The van der Waals surface area contributed by atoms with Crippen molar-refractivity contribution in [1.82, 2.24) is 4.90 Å². The van der Waals surface area contributed by atoms with Gasteiger partial charge in [0.25, 0.3) is 0 Å². The predicted octanol–water partition coefficient (Wildman–Crippen LogP) is 5.92. The molecular weight excluding hydrogens is 549 g/mol. The molecule has 2 aliphatic heterocycles. The molecule has 0 bridgehead atoms. The van der Waals surface area contributed by atoms with Crippen LogP contribution in [0.1, 0.15) is 57.6 Å². The van der Waals surface area contributed by atoms with E-state index in [2.05, 4.69) is 55.3 Å². The van der Waals surface area contributed by atoms with Crippen LogP contribution >= 0.6 is 0 Å². The topological polar surface area (TPSA) is 88.5 Å². The molecule has 1 saturated carbocycles. The molecule has 2 atom stereocenters. The fraction of sp³-hybridized carbons (Fsp3) is 0.581. The molecule has 3 N–H and O–H groups in total. The summed E-state index contributed by atoms with van der Waals surface area (Å²) >= 11 is 0. The summed E-state index contributed by atoms with van der Waals surface area (Å²) in [4.78, 5) is 17.3. The molecular formula is C31H41F3N4O4. The summed E-state index contributed by atoms with van der Waals surface area (Å²) in [6.07, 6.45) is -2.02. The molecule has 8 nitrogen and oxygen atoms in total. The molecule has 2 aromatic rings. The zero-order chi connectivity index (χ0) is 30.2. The van der Waals surface area contributed by atoms with Gasteiger partial charge in [-0.1, -0.05) is 32.9 Å². The highest BCUT2D eigenvalue weighted by molar-refractivity contribution is 5.78. The molecule has 230 valence electrons. The lowest BCUT2D eigenvalue weighted by atomic mass is 9.87. The summed E-state index contributed by atoms with van der Waals surface area (Å²) in [5.41, 5.74) is 1.07. The number of carbonyl (C=O) groups is 1.